The van der Waals surface area contributed by atoms with E-state index in [0.717, 1.165) is 38.5 Å². The van der Waals surface area contributed by atoms with E-state index in [1.807, 2.05) is 13.8 Å². The monoisotopic (exact) mass is 368 g/mol. The number of hydrogen-bond acceptors (Lipinski definition) is 5. The molecule has 1 aliphatic carbocycles. The van der Waals surface area contributed by atoms with Gasteiger partial charge >= 0.3 is 5.97 Å². The van der Waals surface area contributed by atoms with Crippen LogP contribution in [0.15, 0.2) is 0 Å². The summed E-state index contributed by atoms with van der Waals surface area (Å²) in [5.74, 6) is 0.194. The molecule has 25 heavy (non-hydrogen) atoms. The van der Waals surface area contributed by atoms with Crippen molar-refractivity contribution in [1.82, 2.24) is 9.80 Å². The maximum Gasteiger partial charge on any atom is 0.329 e. The molecule has 7 heteroatoms. The highest BCUT2D eigenvalue weighted by molar-refractivity contribution is 8.00. The molecule has 1 saturated carbocycles. The van der Waals surface area contributed by atoms with Crippen molar-refractivity contribution in [3.63, 3.8) is 0 Å². The van der Waals surface area contributed by atoms with Crippen molar-refractivity contribution in [2.45, 2.75) is 81.9 Å². The largest absolute Gasteiger partial charge is 0.461 e. The minimum atomic E-state index is -0.489. The second kappa shape index (κ2) is 7.56. The van der Waals surface area contributed by atoms with Gasteiger partial charge in [-0.1, -0.05) is 6.42 Å². The highest BCUT2D eigenvalue weighted by atomic mass is 32.2. The molecule has 3 aliphatic rings. The van der Waals surface area contributed by atoms with Gasteiger partial charge in [-0.3, -0.25) is 9.59 Å². The second-order valence-electron chi connectivity index (χ2n) is 7.67. The Morgan fingerprint density at radius 2 is 1.80 bits per heavy atom. The molecular weight excluding hydrogens is 340 g/mol. The fourth-order valence-corrected chi connectivity index (χ4v) is 5.28. The minimum Gasteiger partial charge on any atom is -0.461 e. The van der Waals surface area contributed by atoms with Gasteiger partial charge in [0.2, 0.25) is 12.3 Å². The van der Waals surface area contributed by atoms with Gasteiger partial charge < -0.3 is 14.5 Å². The molecule has 0 aromatic heterocycles. The molecule has 2 atom stereocenters. The van der Waals surface area contributed by atoms with Gasteiger partial charge in [-0.2, -0.15) is 0 Å². The molecule has 2 aliphatic heterocycles. The Morgan fingerprint density at radius 1 is 1.08 bits per heavy atom. The lowest BCUT2D eigenvalue weighted by Crippen LogP contribution is -2.53. The molecule has 2 heterocycles. The predicted molar refractivity (Wildman–Crippen MR) is 95.9 cm³/mol. The Kier molecular flexibility index (Phi) is 5.61. The molecule has 0 unspecified atom stereocenters. The predicted octanol–water partition coefficient (Wildman–Crippen LogP) is 2.16. The number of carbonyl (C=O) groups is 3. The van der Waals surface area contributed by atoms with E-state index in [1.165, 1.54) is 6.42 Å². The van der Waals surface area contributed by atoms with Crippen molar-refractivity contribution in [3.8, 4) is 0 Å². The van der Waals surface area contributed by atoms with Crippen molar-refractivity contribution >= 4 is 30.0 Å². The van der Waals surface area contributed by atoms with E-state index in [0.29, 0.717) is 18.7 Å². The van der Waals surface area contributed by atoms with Crippen molar-refractivity contribution < 1.29 is 19.1 Å². The highest BCUT2D eigenvalue weighted by Gasteiger charge is 2.47. The Hall–Kier alpha value is -1.24. The average molecular weight is 368 g/mol. The molecule has 140 valence electrons. The fourth-order valence-electron chi connectivity index (χ4n) is 4.10. The topological polar surface area (TPSA) is 66.9 Å². The molecule has 0 spiro atoms. The average Bonchev–Trinajstić information content (AvgIpc) is 3.19. The Bertz CT molecular complexity index is 533. The molecule has 2 saturated heterocycles. The summed E-state index contributed by atoms with van der Waals surface area (Å²) in [6.07, 6.45) is 7.50. The number of esters is 1. The van der Waals surface area contributed by atoms with E-state index in [2.05, 4.69) is 0 Å². The van der Waals surface area contributed by atoms with E-state index in [-0.39, 0.29) is 22.9 Å². The Morgan fingerprint density at radius 3 is 2.48 bits per heavy atom. The van der Waals surface area contributed by atoms with Crippen molar-refractivity contribution in [1.29, 1.82) is 0 Å². The van der Waals surface area contributed by atoms with Gasteiger partial charge in [-0.25, -0.2) is 4.79 Å². The summed E-state index contributed by atoms with van der Waals surface area (Å²) in [6.45, 7) is 4.45. The first kappa shape index (κ1) is 18.5. The minimum absolute atomic E-state index is 0.00578. The van der Waals surface area contributed by atoms with Crippen LogP contribution in [-0.2, 0) is 19.1 Å². The van der Waals surface area contributed by atoms with Crippen LogP contribution in [-0.4, -0.2) is 63.4 Å². The molecule has 2 amide bonds. The summed E-state index contributed by atoms with van der Waals surface area (Å²) in [7, 11) is 0. The van der Waals surface area contributed by atoms with Crippen molar-refractivity contribution in [2.24, 2.45) is 0 Å². The van der Waals surface area contributed by atoms with Crippen molar-refractivity contribution in [2.75, 3.05) is 12.3 Å². The third-order valence-electron chi connectivity index (χ3n) is 5.59. The van der Waals surface area contributed by atoms with Crippen LogP contribution in [0.3, 0.4) is 0 Å². The van der Waals surface area contributed by atoms with Crippen LogP contribution < -0.4 is 0 Å². The summed E-state index contributed by atoms with van der Waals surface area (Å²) in [5, 5.41) is 0. The standard InChI is InChI=1S/C18H28N2O4S/c1-18(2)20(12-21)15(11-25-18)16(22)19-10-6-9-14(19)17(23)24-13-7-4-3-5-8-13/h12-15H,3-11H2,1-2H3/t14-,15+/m0/s1. The maximum atomic E-state index is 13.0. The molecule has 6 nitrogen and oxygen atoms in total. The molecule has 0 N–H and O–H groups in total. The smallest absolute Gasteiger partial charge is 0.329 e. The number of nitrogens with zero attached hydrogens (tertiary/aromatic N) is 2. The van der Waals surface area contributed by atoms with Crippen LogP contribution in [0.4, 0.5) is 0 Å². The van der Waals surface area contributed by atoms with Crippen LogP contribution in [0.2, 0.25) is 0 Å². The number of rotatable bonds is 4. The van der Waals surface area contributed by atoms with Gasteiger partial charge in [-0.05, 0) is 52.4 Å². The lowest BCUT2D eigenvalue weighted by molar-refractivity contribution is -0.160. The number of thioether (sulfide) groups is 1. The Labute approximate surface area is 153 Å². The van der Waals surface area contributed by atoms with E-state index < -0.39 is 12.1 Å². The SMILES string of the molecule is CC1(C)SC[C@H](C(=O)N2CCC[C@H]2C(=O)OC2CCCCC2)N1C=O. The van der Waals surface area contributed by atoms with Crippen LogP contribution in [0.5, 0.6) is 0 Å². The third kappa shape index (κ3) is 3.81. The van der Waals surface area contributed by atoms with Crippen molar-refractivity contribution in [3.05, 3.63) is 0 Å². The zero-order valence-electron chi connectivity index (χ0n) is 15.1. The molecule has 3 fully saturated rings. The number of hydrogen-bond donors (Lipinski definition) is 0. The maximum absolute atomic E-state index is 13.0. The van der Waals surface area contributed by atoms with Gasteiger partial charge in [0.15, 0.2) is 0 Å². The van der Waals surface area contributed by atoms with Gasteiger partial charge in [0, 0.05) is 12.3 Å². The summed E-state index contributed by atoms with van der Waals surface area (Å²) < 4.78 is 5.69. The normalized spacial score (nSPS) is 29.7. The molecule has 3 rings (SSSR count). The lowest BCUT2D eigenvalue weighted by Gasteiger charge is -2.34. The molecule has 0 aromatic carbocycles. The summed E-state index contributed by atoms with van der Waals surface area (Å²) in [6, 6.07) is -0.975. The second-order valence-corrected chi connectivity index (χ2v) is 9.29. The zero-order chi connectivity index (χ0) is 18.0. The van der Waals surface area contributed by atoms with E-state index in [1.54, 1.807) is 21.6 Å². The van der Waals surface area contributed by atoms with Gasteiger partial charge in [0.1, 0.15) is 18.2 Å². The molecular formula is C18H28N2O4S. The summed E-state index contributed by atoms with van der Waals surface area (Å²) >= 11 is 1.60. The van der Waals surface area contributed by atoms with Crippen LogP contribution in [0.1, 0.15) is 58.8 Å². The summed E-state index contributed by atoms with van der Waals surface area (Å²) in [4.78, 5) is 40.0. The number of carbonyl (C=O) groups excluding carboxylic acids is 3. The van der Waals surface area contributed by atoms with Gasteiger partial charge in [0.05, 0.1) is 4.87 Å². The van der Waals surface area contributed by atoms with E-state index in [4.69, 9.17) is 4.74 Å². The molecule has 0 aromatic rings. The quantitative estimate of drug-likeness (QED) is 0.562. The number of likely N-dealkylation sites (tertiary alicyclic amines) is 1. The number of ether oxygens (including phenoxy) is 1. The van der Waals surface area contributed by atoms with Crippen LogP contribution >= 0.6 is 11.8 Å². The van der Waals surface area contributed by atoms with E-state index >= 15 is 0 Å². The molecule has 0 bridgehead atoms. The first-order valence-corrected chi connectivity index (χ1v) is 10.3. The van der Waals surface area contributed by atoms with E-state index in [9.17, 15) is 14.4 Å². The third-order valence-corrected chi connectivity index (χ3v) is 6.99. The molecule has 0 radical (unpaired) electrons. The van der Waals surface area contributed by atoms with Gasteiger partial charge in [-0.15, -0.1) is 11.8 Å². The fraction of sp³-hybridized carbons (Fsp3) is 0.833. The zero-order valence-corrected chi connectivity index (χ0v) is 15.9. The first-order valence-electron chi connectivity index (χ1n) is 9.32. The first-order chi connectivity index (χ1) is 11.9. The Balaban J connectivity index is 1.65. The highest BCUT2D eigenvalue weighted by Crippen LogP contribution is 2.39. The number of amides is 2. The summed E-state index contributed by atoms with van der Waals surface area (Å²) in [5.41, 5.74) is 0. The lowest BCUT2D eigenvalue weighted by atomic mass is 9.98. The van der Waals surface area contributed by atoms with Crippen LogP contribution in [0, 0.1) is 0 Å². The van der Waals surface area contributed by atoms with Gasteiger partial charge in [0.25, 0.3) is 0 Å². The van der Waals surface area contributed by atoms with Crippen LogP contribution in [0.25, 0.3) is 0 Å².